The van der Waals surface area contributed by atoms with Gasteiger partial charge in [0.15, 0.2) is 5.96 Å². The van der Waals surface area contributed by atoms with Crippen LogP contribution in [0.4, 0.5) is 0 Å². The summed E-state index contributed by atoms with van der Waals surface area (Å²) in [5, 5.41) is 16.8. The first-order chi connectivity index (χ1) is 11.2. The summed E-state index contributed by atoms with van der Waals surface area (Å²) in [5.74, 6) is 1.29. The second-order valence-corrected chi connectivity index (χ2v) is 5.76. The van der Waals surface area contributed by atoms with Crippen LogP contribution < -0.4 is 10.6 Å². The minimum absolute atomic E-state index is 0. The van der Waals surface area contributed by atoms with E-state index in [1.165, 1.54) is 0 Å². The van der Waals surface area contributed by atoms with Crippen LogP contribution in [0.5, 0.6) is 0 Å². The van der Waals surface area contributed by atoms with E-state index in [4.69, 9.17) is 4.42 Å². The molecule has 1 saturated heterocycles. The minimum atomic E-state index is -0.713. The molecule has 1 unspecified atom stereocenters. The van der Waals surface area contributed by atoms with Gasteiger partial charge in [-0.1, -0.05) is 6.08 Å². The van der Waals surface area contributed by atoms with Crippen molar-refractivity contribution < 1.29 is 9.52 Å². The minimum Gasteiger partial charge on any atom is -0.467 e. The van der Waals surface area contributed by atoms with E-state index in [9.17, 15) is 5.11 Å². The standard InChI is InChI=1S/C17H28N4O2.HI/c1-3-9-21-10-7-14(8-11-21)20-17(18-4-2)19-13-15(22)16-6-5-12-23-16;/h3,5-6,12,14-15,22H,1,4,7-11,13H2,2H3,(H2,18,19,20);1H. The summed E-state index contributed by atoms with van der Waals surface area (Å²) in [6.07, 6.45) is 4.96. The third-order valence-electron chi connectivity index (χ3n) is 3.95. The number of hydrogen-bond acceptors (Lipinski definition) is 4. The van der Waals surface area contributed by atoms with E-state index < -0.39 is 6.10 Å². The first-order valence-electron chi connectivity index (χ1n) is 8.32. The maximum absolute atomic E-state index is 10.1. The van der Waals surface area contributed by atoms with Crippen LogP contribution in [0.25, 0.3) is 0 Å². The fourth-order valence-electron chi connectivity index (χ4n) is 2.70. The predicted octanol–water partition coefficient (Wildman–Crippen LogP) is 2.14. The normalized spacial score (nSPS) is 17.8. The van der Waals surface area contributed by atoms with Crippen molar-refractivity contribution in [2.24, 2.45) is 4.99 Å². The molecule has 0 aromatic carbocycles. The van der Waals surface area contributed by atoms with Crippen LogP contribution in [0.2, 0.25) is 0 Å². The van der Waals surface area contributed by atoms with Crippen molar-refractivity contribution in [3.63, 3.8) is 0 Å². The predicted molar refractivity (Wildman–Crippen MR) is 108 cm³/mol. The second kappa shape index (κ2) is 11.5. The Hall–Kier alpha value is -1.06. The zero-order chi connectivity index (χ0) is 16.5. The Kier molecular flexibility index (Phi) is 10.0. The van der Waals surface area contributed by atoms with Gasteiger partial charge in [0.05, 0.1) is 12.8 Å². The molecule has 7 heteroatoms. The number of likely N-dealkylation sites (tertiary alicyclic amines) is 1. The number of aliphatic imine (C=N–C) groups is 1. The van der Waals surface area contributed by atoms with Crippen LogP contribution in [0.1, 0.15) is 31.6 Å². The lowest BCUT2D eigenvalue weighted by molar-refractivity contribution is 0.158. The van der Waals surface area contributed by atoms with Gasteiger partial charge in [-0.25, -0.2) is 0 Å². The van der Waals surface area contributed by atoms with Gasteiger partial charge < -0.3 is 20.2 Å². The molecule has 24 heavy (non-hydrogen) atoms. The Morgan fingerprint density at radius 2 is 2.29 bits per heavy atom. The maximum atomic E-state index is 10.1. The fraction of sp³-hybridized carbons (Fsp3) is 0.588. The smallest absolute Gasteiger partial charge is 0.191 e. The molecule has 6 nitrogen and oxygen atoms in total. The highest BCUT2D eigenvalue weighted by molar-refractivity contribution is 14.0. The highest BCUT2D eigenvalue weighted by atomic mass is 127. The molecule has 0 radical (unpaired) electrons. The maximum Gasteiger partial charge on any atom is 0.191 e. The number of hydrogen-bond donors (Lipinski definition) is 3. The molecule has 0 amide bonds. The highest BCUT2D eigenvalue weighted by Crippen LogP contribution is 2.13. The lowest BCUT2D eigenvalue weighted by atomic mass is 10.1. The van der Waals surface area contributed by atoms with E-state index >= 15 is 0 Å². The first kappa shape index (κ1) is 21.0. The molecule has 1 aromatic rings. The molecule has 1 aliphatic rings. The third-order valence-corrected chi connectivity index (χ3v) is 3.95. The molecule has 1 fully saturated rings. The summed E-state index contributed by atoms with van der Waals surface area (Å²) in [4.78, 5) is 6.87. The van der Waals surface area contributed by atoms with Gasteiger partial charge in [-0.15, -0.1) is 30.6 Å². The average molecular weight is 448 g/mol. The molecule has 0 saturated carbocycles. The van der Waals surface area contributed by atoms with Gasteiger partial charge in [-0.2, -0.15) is 0 Å². The zero-order valence-electron chi connectivity index (χ0n) is 14.3. The van der Waals surface area contributed by atoms with Crippen molar-refractivity contribution in [2.45, 2.75) is 31.9 Å². The van der Waals surface area contributed by atoms with Crippen LogP contribution in [0.3, 0.4) is 0 Å². The zero-order valence-corrected chi connectivity index (χ0v) is 16.6. The second-order valence-electron chi connectivity index (χ2n) is 5.76. The van der Waals surface area contributed by atoms with Crippen molar-refractivity contribution >= 4 is 29.9 Å². The number of furan rings is 1. The molecule has 3 N–H and O–H groups in total. The Morgan fingerprint density at radius 3 is 2.88 bits per heavy atom. The van der Waals surface area contributed by atoms with Gasteiger partial charge in [0.1, 0.15) is 11.9 Å². The molecule has 2 rings (SSSR count). The van der Waals surface area contributed by atoms with Crippen molar-refractivity contribution in [3.05, 3.63) is 36.8 Å². The highest BCUT2D eigenvalue weighted by Gasteiger charge is 2.19. The lowest BCUT2D eigenvalue weighted by Gasteiger charge is -2.32. The topological polar surface area (TPSA) is 73.0 Å². The summed E-state index contributed by atoms with van der Waals surface area (Å²) in [6.45, 7) is 9.98. The van der Waals surface area contributed by atoms with E-state index in [0.717, 1.165) is 45.0 Å². The molecule has 1 aromatic heterocycles. The van der Waals surface area contributed by atoms with E-state index in [1.807, 2.05) is 13.0 Å². The van der Waals surface area contributed by atoms with Crippen molar-refractivity contribution in [1.82, 2.24) is 15.5 Å². The average Bonchev–Trinajstić information content (AvgIpc) is 3.09. The summed E-state index contributed by atoms with van der Waals surface area (Å²) < 4.78 is 5.20. The Bertz CT molecular complexity index is 485. The molecular formula is C17H29IN4O2. The number of nitrogens with one attached hydrogen (secondary N) is 2. The van der Waals surface area contributed by atoms with Crippen LogP contribution in [-0.2, 0) is 0 Å². The number of nitrogens with zero attached hydrogens (tertiary/aromatic N) is 2. The molecule has 2 heterocycles. The van der Waals surface area contributed by atoms with Gasteiger partial charge in [-0.05, 0) is 31.9 Å². The third kappa shape index (κ3) is 6.82. The van der Waals surface area contributed by atoms with Crippen LogP contribution in [0, 0.1) is 0 Å². The van der Waals surface area contributed by atoms with Gasteiger partial charge in [0.2, 0.25) is 0 Å². The van der Waals surface area contributed by atoms with Crippen molar-refractivity contribution in [2.75, 3.05) is 32.7 Å². The van der Waals surface area contributed by atoms with E-state index in [0.29, 0.717) is 11.8 Å². The number of rotatable bonds is 7. The quantitative estimate of drug-likeness (QED) is 0.258. The molecule has 0 bridgehead atoms. The Morgan fingerprint density at radius 1 is 1.54 bits per heavy atom. The number of aliphatic hydroxyl groups excluding tert-OH is 1. The SMILES string of the molecule is C=CCN1CCC(NC(=NCC(O)c2ccco2)NCC)CC1.I. The Balaban J connectivity index is 0.00000288. The van der Waals surface area contributed by atoms with Gasteiger partial charge in [-0.3, -0.25) is 9.89 Å². The van der Waals surface area contributed by atoms with E-state index in [1.54, 1.807) is 18.4 Å². The molecular weight excluding hydrogens is 419 g/mol. The summed E-state index contributed by atoms with van der Waals surface area (Å²) in [6, 6.07) is 3.94. The Labute approximate surface area is 161 Å². The molecule has 136 valence electrons. The summed E-state index contributed by atoms with van der Waals surface area (Å²) in [5.41, 5.74) is 0. The van der Waals surface area contributed by atoms with E-state index in [-0.39, 0.29) is 30.5 Å². The molecule has 0 aliphatic carbocycles. The van der Waals surface area contributed by atoms with Crippen LogP contribution >= 0.6 is 24.0 Å². The molecule has 1 aliphatic heterocycles. The largest absolute Gasteiger partial charge is 0.467 e. The van der Waals surface area contributed by atoms with Crippen LogP contribution in [-0.4, -0.2) is 54.7 Å². The number of guanidine groups is 1. The van der Waals surface area contributed by atoms with Gasteiger partial charge >= 0.3 is 0 Å². The van der Waals surface area contributed by atoms with Gasteiger partial charge in [0, 0.05) is 32.2 Å². The monoisotopic (exact) mass is 448 g/mol. The van der Waals surface area contributed by atoms with Gasteiger partial charge in [0.25, 0.3) is 0 Å². The van der Waals surface area contributed by atoms with E-state index in [2.05, 4.69) is 27.1 Å². The molecule has 0 spiro atoms. The van der Waals surface area contributed by atoms with Crippen molar-refractivity contribution in [3.8, 4) is 0 Å². The van der Waals surface area contributed by atoms with Crippen LogP contribution in [0.15, 0.2) is 40.5 Å². The summed E-state index contributed by atoms with van der Waals surface area (Å²) >= 11 is 0. The summed E-state index contributed by atoms with van der Waals surface area (Å²) in [7, 11) is 0. The number of aliphatic hydroxyl groups is 1. The van der Waals surface area contributed by atoms with Crippen molar-refractivity contribution in [1.29, 1.82) is 0 Å². The number of halogens is 1. The lowest BCUT2D eigenvalue weighted by Crippen LogP contribution is -2.48. The number of piperidine rings is 1. The fourth-order valence-corrected chi connectivity index (χ4v) is 2.70. The molecule has 1 atom stereocenters. The first-order valence-corrected chi connectivity index (χ1v) is 8.32.